The van der Waals surface area contributed by atoms with Crippen molar-refractivity contribution in [2.45, 2.75) is 10.3 Å². The fourth-order valence-corrected chi connectivity index (χ4v) is 0.0500. The Morgan fingerprint density at radius 3 is 1.71 bits per heavy atom. The monoisotopic (exact) mass is 216 g/mol. The minimum Gasteiger partial charge on any atom is -0.395 e. The molecule has 0 atom stereocenters. The molecule has 0 amide bonds. The molecule has 0 spiro atoms. The van der Waals surface area contributed by atoms with Gasteiger partial charge in [-0.1, -0.05) is 22.6 Å². The van der Waals surface area contributed by atoms with Gasteiger partial charge in [0, 0.05) is 0 Å². The van der Waals surface area contributed by atoms with E-state index in [-0.39, 0.29) is 16.6 Å². The van der Waals surface area contributed by atoms with Gasteiger partial charge in [-0.15, -0.1) is 0 Å². The van der Waals surface area contributed by atoms with Crippen LogP contribution in [0.15, 0.2) is 0 Å². The van der Waals surface area contributed by atoms with Crippen molar-refractivity contribution in [2.24, 2.45) is 0 Å². The second kappa shape index (κ2) is 2.84. The summed E-state index contributed by atoms with van der Waals surface area (Å²) in [7, 11) is 0. The lowest BCUT2D eigenvalue weighted by Gasteiger charge is -2.13. The molecule has 0 heterocycles. The molecule has 0 aliphatic rings. The first-order valence-electron chi connectivity index (χ1n) is 2.03. The van der Waals surface area contributed by atoms with Crippen molar-refractivity contribution in [3.63, 3.8) is 0 Å². The number of rotatable bonds is 2. The van der Waals surface area contributed by atoms with Gasteiger partial charge in [-0.2, -0.15) is 0 Å². The standard InChI is InChI=1S/C4H9IO2/c1-4(5,2-6)3-7/h6-7H,2-3H2,1H3. The van der Waals surface area contributed by atoms with Gasteiger partial charge in [0.2, 0.25) is 0 Å². The zero-order valence-electron chi connectivity index (χ0n) is 4.19. The van der Waals surface area contributed by atoms with Gasteiger partial charge in [0.1, 0.15) is 0 Å². The maximum absolute atomic E-state index is 8.43. The molecule has 2 N–H and O–H groups in total. The molecule has 0 saturated heterocycles. The van der Waals surface area contributed by atoms with E-state index in [1.165, 1.54) is 0 Å². The molecule has 0 radical (unpaired) electrons. The zero-order valence-corrected chi connectivity index (χ0v) is 6.34. The van der Waals surface area contributed by atoms with Gasteiger partial charge in [0.15, 0.2) is 0 Å². The van der Waals surface area contributed by atoms with E-state index in [9.17, 15) is 0 Å². The third-order valence-corrected chi connectivity index (χ3v) is 1.34. The third-order valence-electron chi connectivity index (χ3n) is 0.659. The Hall–Kier alpha value is 0.650. The number of aliphatic hydroxyl groups excluding tert-OH is 2. The summed E-state index contributed by atoms with van der Waals surface area (Å²) in [6, 6.07) is 0. The summed E-state index contributed by atoms with van der Waals surface area (Å²) in [5, 5.41) is 16.9. The quantitative estimate of drug-likeness (QED) is 0.510. The first-order valence-corrected chi connectivity index (χ1v) is 3.11. The van der Waals surface area contributed by atoms with Gasteiger partial charge in [0.25, 0.3) is 0 Å². The number of hydrogen-bond acceptors (Lipinski definition) is 2. The predicted molar refractivity (Wildman–Crippen MR) is 36.6 cm³/mol. The maximum Gasteiger partial charge on any atom is 0.0654 e. The molecular weight excluding hydrogens is 207 g/mol. The molecule has 7 heavy (non-hydrogen) atoms. The van der Waals surface area contributed by atoms with Crippen LogP contribution in [-0.4, -0.2) is 26.8 Å². The number of halogens is 1. The fourth-order valence-electron chi connectivity index (χ4n) is 0.0500. The molecule has 44 valence electrons. The molecule has 0 bridgehead atoms. The molecule has 0 aromatic carbocycles. The lowest BCUT2D eigenvalue weighted by molar-refractivity contribution is 0.191. The second-order valence-electron chi connectivity index (χ2n) is 1.73. The maximum atomic E-state index is 8.43. The van der Waals surface area contributed by atoms with Crippen molar-refractivity contribution >= 4 is 22.6 Å². The van der Waals surface area contributed by atoms with E-state index in [1.807, 2.05) is 22.6 Å². The van der Waals surface area contributed by atoms with Gasteiger partial charge in [0.05, 0.1) is 16.6 Å². The summed E-state index contributed by atoms with van der Waals surface area (Å²) in [6.45, 7) is 1.85. The van der Waals surface area contributed by atoms with Crippen molar-refractivity contribution in [1.29, 1.82) is 0 Å². The lowest BCUT2D eigenvalue weighted by atomic mass is 10.2. The van der Waals surface area contributed by atoms with Crippen LogP contribution in [0.1, 0.15) is 6.92 Å². The molecule has 2 nitrogen and oxygen atoms in total. The Balaban J connectivity index is 3.36. The van der Waals surface area contributed by atoms with E-state index in [4.69, 9.17) is 10.2 Å². The molecule has 0 saturated carbocycles. The zero-order chi connectivity index (χ0) is 5.91. The molecule has 0 rings (SSSR count). The van der Waals surface area contributed by atoms with Crippen LogP contribution < -0.4 is 0 Å². The predicted octanol–water partition coefficient (Wildman–Crippen LogP) is 0.165. The van der Waals surface area contributed by atoms with Crippen LogP contribution in [0.5, 0.6) is 0 Å². The molecule has 0 fully saturated rings. The molecule has 3 heteroatoms. The van der Waals surface area contributed by atoms with E-state index in [1.54, 1.807) is 6.92 Å². The van der Waals surface area contributed by atoms with Crippen molar-refractivity contribution < 1.29 is 10.2 Å². The lowest BCUT2D eigenvalue weighted by Crippen LogP contribution is -2.25. The van der Waals surface area contributed by atoms with Crippen LogP contribution in [0.2, 0.25) is 0 Å². The van der Waals surface area contributed by atoms with Crippen molar-refractivity contribution in [3.05, 3.63) is 0 Å². The van der Waals surface area contributed by atoms with Gasteiger partial charge < -0.3 is 10.2 Å². The Bertz CT molecular complexity index is 47.7. The Morgan fingerprint density at radius 1 is 1.43 bits per heavy atom. The summed E-state index contributed by atoms with van der Waals surface area (Å²) in [5.41, 5.74) is 0. The van der Waals surface area contributed by atoms with Gasteiger partial charge in [-0.3, -0.25) is 0 Å². The van der Waals surface area contributed by atoms with Gasteiger partial charge in [-0.25, -0.2) is 0 Å². The number of alkyl halides is 1. The van der Waals surface area contributed by atoms with Crippen LogP contribution in [0.3, 0.4) is 0 Å². The summed E-state index contributed by atoms with van der Waals surface area (Å²) >= 11 is 2.00. The van der Waals surface area contributed by atoms with Crippen LogP contribution in [0.25, 0.3) is 0 Å². The molecule has 0 aromatic rings. The van der Waals surface area contributed by atoms with Crippen molar-refractivity contribution in [3.8, 4) is 0 Å². The van der Waals surface area contributed by atoms with Crippen LogP contribution in [0.4, 0.5) is 0 Å². The minimum absolute atomic E-state index is 0.0318. The first kappa shape index (κ1) is 7.65. The summed E-state index contributed by atoms with van der Waals surface area (Å²) < 4.78 is -0.336. The average Bonchev–Trinajstić information content (AvgIpc) is 1.68. The largest absolute Gasteiger partial charge is 0.395 e. The van der Waals surface area contributed by atoms with E-state index >= 15 is 0 Å². The van der Waals surface area contributed by atoms with Crippen LogP contribution >= 0.6 is 22.6 Å². The molecular formula is C4H9IO2. The van der Waals surface area contributed by atoms with Crippen LogP contribution in [-0.2, 0) is 0 Å². The Morgan fingerprint density at radius 2 is 1.71 bits per heavy atom. The summed E-state index contributed by atoms with van der Waals surface area (Å²) in [5.74, 6) is 0. The SMILES string of the molecule is CC(I)(CO)CO. The smallest absolute Gasteiger partial charge is 0.0654 e. The highest BCUT2D eigenvalue weighted by molar-refractivity contribution is 14.1. The molecule has 0 unspecified atom stereocenters. The first-order chi connectivity index (χ1) is 3.12. The normalized spacial score (nSPS) is 12.0. The van der Waals surface area contributed by atoms with E-state index in [0.717, 1.165) is 0 Å². The summed E-state index contributed by atoms with van der Waals surface area (Å²) in [4.78, 5) is 0. The third kappa shape index (κ3) is 3.25. The van der Waals surface area contributed by atoms with Crippen molar-refractivity contribution in [2.75, 3.05) is 13.2 Å². The highest BCUT2D eigenvalue weighted by Gasteiger charge is 2.15. The van der Waals surface area contributed by atoms with Crippen molar-refractivity contribution in [1.82, 2.24) is 0 Å². The Kier molecular flexibility index (Phi) is 3.10. The highest BCUT2D eigenvalue weighted by Crippen LogP contribution is 2.14. The van der Waals surface area contributed by atoms with E-state index in [2.05, 4.69) is 0 Å². The van der Waals surface area contributed by atoms with E-state index < -0.39 is 0 Å². The Labute approximate surface area is 56.7 Å². The molecule has 0 aliphatic heterocycles. The van der Waals surface area contributed by atoms with E-state index in [0.29, 0.717) is 0 Å². The average molecular weight is 216 g/mol. The topological polar surface area (TPSA) is 40.5 Å². The number of hydrogen-bond donors (Lipinski definition) is 2. The fraction of sp³-hybridized carbons (Fsp3) is 1.00. The second-order valence-corrected chi connectivity index (χ2v) is 4.33. The minimum atomic E-state index is -0.336. The van der Waals surface area contributed by atoms with Crippen LogP contribution in [0, 0.1) is 0 Å². The van der Waals surface area contributed by atoms with Gasteiger partial charge in [-0.05, 0) is 6.92 Å². The highest BCUT2D eigenvalue weighted by atomic mass is 127. The molecule has 0 aliphatic carbocycles. The van der Waals surface area contributed by atoms with Gasteiger partial charge >= 0.3 is 0 Å². The summed E-state index contributed by atoms with van der Waals surface area (Å²) in [6.07, 6.45) is 0. The molecule has 0 aromatic heterocycles. The number of aliphatic hydroxyl groups is 2.